The molecule has 0 N–H and O–H groups in total. The Kier molecular flexibility index (Phi) is 2.37. The van der Waals surface area contributed by atoms with E-state index in [9.17, 15) is 0 Å². The number of nitrogens with zero attached hydrogens (tertiary/aromatic N) is 3. The van der Waals surface area contributed by atoms with Crippen LogP contribution in [0.15, 0.2) is 42.9 Å². The second kappa shape index (κ2) is 4.19. The molecule has 0 atom stereocenters. The Morgan fingerprint density at radius 1 is 1.00 bits per heavy atom. The molecule has 1 aromatic carbocycles. The van der Waals surface area contributed by atoms with Crippen molar-refractivity contribution in [2.75, 3.05) is 0 Å². The summed E-state index contributed by atoms with van der Waals surface area (Å²) in [5.74, 6) is 0. The fourth-order valence-electron chi connectivity index (χ4n) is 2.86. The molecule has 0 saturated carbocycles. The van der Waals surface area contributed by atoms with Crippen molar-refractivity contribution < 1.29 is 0 Å². The Morgan fingerprint density at radius 2 is 1.84 bits per heavy atom. The van der Waals surface area contributed by atoms with Gasteiger partial charge in [0.1, 0.15) is 12.0 Å². The van der Waals surface area contributed by atoms with E-state index in [0.29, 0.717) is 0 Å². The van der Waals surface area contributed by atoms with Gasteiger partial charge >= 0.3 is 0 Å². The van der Waals surface area contributed by atoms with Crippen LogP contribution in [-0.2, 0) is 12.8 Å². The van der Waals surface area contributed by atoms with Crippen LogP contribution in [0.3, 0.4) is 0 Å². The first-order chi connectivity index (χ1) is 9.42. The molecule has 2 heterocycles. The summed E-state index contributed by atoms with van der Waals surface area (Å²) in [7, 11) is 0. The Morgan fingerprint density at radius 3 is 2.74 bits per heavy atom. The van der Waals surface area contributed by atoms with Gasteiger partial charge in [-0.3, -0.25) is 4.40 Å². The van der Waals surface area contributed by atoms with E-state index in [2.05, 4.69) is 27.7 Å². The van der Waals surface area contributed by atoms with Gasteiger partial charge in [-0.05, 0) is 25.7 Å². The van der Waals surface area contributed by atoms with E-state index in [1.54, 1.807) is 0 Å². The lowest BCUT2D eigenvalue weighted by Crippen LogP contribution is -2.07. The molecule has 3 aromatic rings. The lowest BCUT2D eigenvalue weighted by Gasteiger charge is -2.14. The average Bonchev–Trinajstić information content (AvgIpc) is 2.93. The van der Waals surface area contributed by atoms with Gasteiger partial charge in [0.2, 0.25) is 0 Å². The van der Waals surface area contributed by atoms with Crippen LogP contribution in [0.25, 0.3) is 16.9 Å². The van der Waals surface area contributed by atoms with Gasteiger partial charge in [0.05, 0.1) is 5.69 Å². The van der Waals surface area contributed by atoms with Crippen molar-refractivity contribution in [3.8, 4) is 11.3 Å². The van der Waals surface area contributed by atoms with Crippen LogP contribution in [0.4, 0.5) is 0 Å². The molecular formula is C16H15N3. The van der Waals surface area contributed by atoms with Crippen LogP contribution in [0.5, 0.6) is 0 Å². The number of rotatable bonds is 1. The van der Waals surface area contributed by atoms with Crippen molar-refractivity contribution in [1.29, 1.82) is 0 Å². The number of imidazole rings is 1. The van der Waals surface area contributed by atoms with Crippen LogP contribution in [0.2, 0.25) is 0 Å². The van der Waals surface area contributed by atoms with E-state index in [1.165, 1.54) is 24.1 Å². The molecule has 3 nitrogen and oxygen atoms in total. The van der Waals surface area contributed by atoms with Gasteiger partial charge in [-0.2, -0.15) is 0 Å². The predicted octanol–water partition coefficient (Wildman–Crippen LogP) is 3.28. The number of benzene rings is 1. The van der Waals surface area contributed by atoms with Crippen molar-refractivity contribution in [2.24, 2.45) is 0 Å². The first-order valence-corrected chi connectivity index (χ1v) is 6.83. The zero-order chi connectivity index (χ0) is 12.7. The van der Waals surface area contributed by atoms with E-state index >= 15 is 0 Å². The molecular weight excluding hydrogens is 234 g/mol. The van der Waals surface area contributed by atoms with Crippen molar-refractivity contribution in [3.05, 3.63) is 54.1 Å². The van der Waals surface area contributed by atoms with E-state index in [1.807, 2.05) is 24.5 Å². The van der Waals surface area contributed by atoms with Crippen molar-refractivity contribution in [2.45, 2.75) is 25.7 Å². The predicted molar refractivity (Wildman–Crippen MR) is 75.1 cm³/mol. The summed E-state index contributed by atoms with van der Waals surface area (Å²) in [4.78, 5) is 9.40. The number of hydrogen-bond donors (Lipinski definition) is 0. The Balaban J connectivity index is 1.92. The smallest absolute Gasteiger partial charge is 0.143 e. The summed E-state index contributed by atoms with van der Waals surface area (Å²) in [6.07, 6.45) is 8.69. The highest BCUT2D eigenvalue weighted by molar-refractivity contribution is 5.64. The normalized spacial score (nSPS) is 14.5. The largest absolute Gasteiger partial charge is 0.290 e. The van der Waals surface area contributed by atoms with Crippen LogP contribution >= 0.6 is 0 Å². The number of aromatic nitrogens is 3. The molecule has 0 fully saturated rings. The molecule has 4 rings (SSSR count). The van der Waals surface area contributed by atoms with Crippen LogP contribution in [0.1, 0.15) is 24.1 Å². The zero-order valence-electron chi connectivity index (χ0n) is 10.7. The molecule has 3 heteroatoms. The van der Waals surface area contributed by atoms with Gasteiger partial charge in [-0.1, -0.05) is 30.3 Å². The SMILES string of the molecule is c1ccc(-c2cn3cnc4c(c3n2)CCCC4)cc1. The van der Waals surface area contributed by atoms with Crippen LogP contribution in [-0.4, -0.2) is 14.4 Å². The molecule has 0 unspecified atom stereocenters. The molecule has 1 aliphatic rings. The fourth-order valence-corrected chi connectivity index (χ4v) is 2.86. The number of aryl methyl sites for hydroxylation is 2. The van der Waals surface area contributed by atoms with Gasteiger partial charge in [0.25, 0.3) is 0 Å². The minimum absolute atomic E-state index is 1.03. The van der Waals surface area contributed by atoms with Gasteiger partial charge < -0.3 is 0 Å². The van der Waals surface area contributed by atoms with Crippen molar-refractivity contribution in [3.63, 3.8) is 0 Å². The quantitative estimate of drug-likeness (QED) is 0.662. The third kappa shape index (κ3) is 1.73. The number of fused-ring (bicyclic) bond motifs is 3. The minimum Gasteiger partial charge on any atom is -0.290 e. The highest BCUT2D eigenvalue weighted by Gasteiger charge is 2.16. The summed E-state index contributed by atoms with van der Waals surface area (Å²) in [6.45, 7) is 0. The molecule has 0 amide bonds. The maximum Gasteiger partial charge on any atom is 0.143 e. The lowest BCUT2D eigenvalue weighted by atomic mass is 9.97. The summed E-state index contributed by atoms with van der Waals surface area (Å²) in [6, 6.07) is 10.3. The minimum atomic E-state index is 1.03. The van der Waals surface area contributed by atoms with Crippen LogP contribution in [0, 0.1) is 0 Å². The molecule has 0 saturated heterocycles. The molecule has 94 valence electrons. The second-order valence-electron chi connectivity index (χ2n) is 5.10. The zero-order valence-corrected chi connectivity index (χ0v) is 10.7. The number of hydrogen-bond acceptors (Lipinski definition) is 2. The first kappa shape index (κ1) is 10.7. The first-order valence-electron chi connectivity index (χ1n) is 6.83. The van der Waals surface area contributed by atoms with Gasteiger partial charge in [-0.15, -0.1) is 0 Å². The average molecular weight is 249 g/mol. The van der Waals surface area contributed by atoms with Crippen LogP contribution < -0.4 is 0 Å². The van der Waals surface area contributed by atoms with E-state index in [-0.39, 0.29) is 0 Å². The topological polar surface area (TPSA) is 30.2 Å². The van der Waals surface area contributed by atoms with E-state index < -0.39 is 0 Å². The molecule has 2 aromatic heterocycles. The molecule has 0 bridgehead atoms. The Bertz CT molecular complexity index is 728. The summed E-state index contributed by atoms with van der Waals surface area (Å²) >= 11 is 0. The second-order valence-corrected chi connectivity index (χ2v) is 5.10. The van der Waals surface area contributed by atoms with Gasteiger partial charge in [0.15, 0.2) is 0 Å². The van der Waals surface area contributed by atoms with Gasteiger partial charge in [-0.25, -0.2) is 9.97 Å². The van der Waals surface area contributed by atoms with E-state index in [4.69, 9.17) is 4.98 Å². The Labute approximate surface area is 111 Å². The fraction of sp³-hybridized carbons (Fsp3) is 0.250. The molecule has 0 aliphatic heterocycles. The third-order valence-corrected chi connectivity index (χ3v) is 3.85. The van der Waals surface area contributed by atoms with Crippen molar-refractivity contribution in [1.82, 2.24) is 14.4 Å². The highest BCUT2D eigenvalue weighted by atomic mass is 15.0. The van der Waals surface area contributed by atoms with Crippen molar-refractivity contribution >= 4 is 5.65 Å². The van der Waals surface area contributed by atoms with E-state index in [0.717, 1.165) is 29.7 Å². The standard InChI is InChI=1S/C16H15N3/c1-2-6-12(7-3-1)15-10-19-11-17-14-9-5-4-8-13(14)16(19)18-15/h1-3,6-7,10-11H,4-5,8-9H2. The molecule has 0 spiro atoms. The lowest BCUT2D eigenvalue weighted by molar-refractivity contribution is 0.664. The monoisotopic (exact) mass is 249 g/mol. The summed E-state index contributed by atoms with van der Waals surface area (Å²) in [5.41, 5.74) is 5.86. The van der Waals surface area contributed by atoms with Gasteiger partial charge in [0, 0.05) is 23.0 Å². The summed E-state index contributed by atoms with van der Waals surface area (Å²) < 4.78 is 2.06. The third-order valence-electron chi connectivity index (χ3n) is 3.85. The Hall–Kier alpha value is -2.16. The molecule has 1 aliphatic carbocycles. The highest BCUT2D eigenvalue weighted by Crippen LogP contribution is 2.25. The summed E-state index contributed by atoms with van der Waals surface area (Å²) in [5, 5.41) is 0. The maximum atomic E-state index is 4.82. The molecule has 0 radical (unpaired) electrons. The maximum absolute atomic E-state index is 4.82. The molecule has 19 heavy (non-hydrogen) atoms.